The molecule has 0 fully saturated rings. The topological polar surface area (TPSA) is 50.4 Å². The highest BCUT2D eigenvalue weighted by molar-refractivity contribution is 5.99. The maximum atomic E-state index is 5.62. The first kappa shape index (κ1) is 13.8. The average Bonchev–Trinajstić information content (AvgIpc) is 3.08. The summed E-state index contributed by atoms with van der Waals surface area (Å²) in [5, 5.41) is 3.30. The summed E-state index contributed by atoms with van der Waals surface area (Å²) in [4.78, 5) is 4.44. The molecule has 0 spiro atoms. The third kappa shape index (κ3) is 3.50. The molecule has 3 rings (SSSR count). The predicted octanol–water partition coefficient (Wildman–Crippen LogP) is 2.28. The van der Waals surface area contributed by atoms with Crippen molar-refractivity contribution < 1.29 is 0 Å². The highest BCUT2D eigenvalue weighted by Gasteiger charge is 2.07. The molecule has 2 aromatic carbocycles. The Morgan fingerprint density at radius 2 is 1.43 bits per heavy atom. The monoisotopic (exact) mass is 279 g/mol. The van der Waals surface area contributed by atoms with Gasteiger partial charge in [0.15, 0.2) is 0 Å². The van der Waals surface area contributed by atoms with Crippen molar-refractivity contribution in [3.8, 4) is 0 Å². The molecule has 0 bridgehead atoms. The minimum Gasteiger partial charge on any atom is -0.368 e. The van der Waals surface area contributed by atoms with Crippen LogP contribution < -0.4 is 11.1 Å². The molecule has 3 nitrogen and oxygen atoms in total. The molecule has 0 aliphatic carbocycles. The first-order chi connectivity index (χ1) is 10.3. The van der Waals surface area contributed by atoms with Gasteiger partial charge in [0.05, 0.1) is 6.54 Å². The van der Waals surface area contributed by atoms with Gasteiger partial charge in [-0.1, -0.05) is 48.5 Å². The Morgan fingerprint density at radius 1 is 0.857 bits per heavy atom. The van der Waals surface area contributed by atoms with E-state index in [0.29, 0.717) is 6.54 Å². The molecular weight excluding hydrogens is 258 g/mol. The lowest BCUT2D eigenvalue weighted by atomic mass is 10.0. The molecule has 108 valence electrons. The van der Waals surface area contributed by atoms with Crippen LogP contribution in [0.4, 0.5) is 0 Å². The zero-order chi connectivity index (χ0) is 14.5. The maximum absolute atomic E-state index is 5.62. The third-order valence-corrected chi connectivity index (χ3v) is 3.86. The van der Waals surface area contributed by atoms with Gasteiger partial charge in [-0.15, -0.1) is 0 Å². The second kappa shape index (κ2) is 6.55. The number of aliphatic imine (C=N–C) groups is 1. The van der Waals surface area contributed by atoms with Gasteiger partial charge in [-0.25, -0.2) is 0 Å². The number of aryl methyl sites for hydroxylation is 2. The Kier molecular flexibility index (Phi) is 4.31. The van der Waals surface area contributed by atoms with Gasteiger partial charge < -0.3 is 11.1 Å². The molecule has 1 heterocycles. The van der Waals surface area contributed by atoms with Crippen LogP contribution in [0, 0.1) is 0 Å². The lowest BCUT2D eigenvalue weighted by molar-refractivity contribution is 0.953. The van der Waals surface area contributed by atoms with Crippen LogP contribution in [0.5, 0.6) is 0 Å². The molecule has 21 heavy (non-hydrogen) atoms. The molecule has 0 amide bonds. The van der Waals surface area contributed by atoms with Gasteiger partial charge in [0.2, 0.25) is 0 Å². The summed E-state index contributed by atoms with van der Waals surface area (Å²) in [5.41, 5.74) is 10.7. The van der Waals surface area contributed by atoms with E-state index >= 15 is 0 Å². The SMILES string of the molecule is NCc1ccc(CCc2ccc(C3=NCCN3)cc2)cc1. The molecule has 0 radical (unpaired) electrons. The first-order valence-corrected chi connectivity index (χ1v) is 7.51. The van der Waals surface area contributed by atoms with Crippen LogP contribution in [0.3, 0.4) is 0 Å². The summed E-state index contributed by atoms with van der Waals surface area (Å²) in [6, 6.07) is 17.3. The van der Waals surface area contributed by atoms with E-state index in [-0.39, 0.29) is 0 Å². The van der Waals surface area contributed by atoms with Crippen molar-refractivity contribution in [2.24, 2.45) is 10.7 Å². The third-order valence-electron chi connectivity index (χ3n) is 3.86. The largest absolute Gasteiger partial charge is 0.368 e. The summed E-state index contributed by atoms with van der Waals surface area (Å²) in [7, 11) is 0. The first-order valence-electron chi connectivity index (χ1n) is 7.51. The van der Waals surface area contributed by atoms with E-state index in [9.17, 15) is 0 Å². The van der Waals surface area contributed by atoms with Gasteiger partial charge in [0.25, 0.3) is 0 Å². The van der Waals surface area contributed by atoms with E-state index in [1.807, 2.05) is 0 Å². The van der Waals surface area contributed by atoms with E-state index in [2.05, 4.69) is 58.8 Å². The van der Waals surface area contributed by atoms with Crippen LogP contribution in [0.25, 0.3) is 0 Å². The van der Waals surface area contributed by atoms with Crippen molar-refractivity contribution in [3.63, 3.8) is 0 Å². The molecule has 1 aliphatic heterocycles. The van der Waals surface area contributed by atoms with Crippen molar-refractivity contribution in [1.82, 2.24) is 5.32 Å². The van der Waals surface area contributed by atoms with Crippen LogP contribution in [0.1, 0.15) is 22.3 Å². The maximum Gasteiger partial charge on any atom is 0.128 e. The molecule has 0 unspecified atom stereocenters. The number of nitrogens with zero attached hydrogens (tertiary/aromatic N) is 1. The fourth-order valence-electron chi connectivity index (χ4n) is 2.55. The van der Waals surface area contributed by atoms with Crippen LogP contribution in [0.2, 0.25) is 0 Å². The van der Waals surface area contributed by atoms with Crippen molar-refractivity contribution in [1.29, 1.82) is 0 Å². The van der Waals surface area contributed by atoms with Crippen LogP contribution in [0.15, 0.2) is 53.5 Å². The van der Waals surface area contributed by atoms with Crippen molar-refractivity contribution in [3.05, 3.63) is 70.8 Å². The summed E-state index contributed by atoms with van der Waals surface area (Å²) in [5.74, 6) is 1.03. The molecule has 3 heteroatoms. The summed E-state index contributed by atoms with van der Waals surface area (Å²) >= 11 is 0. The van der Waals surface area contributed by atoms with E-state index in [4.69, 9.17) is 5.73 Å². The summed E-state index contributed by atoms with van der Waals surface area (Å²) in [6.45, 7) is 2.45. The molecule has 0 saturated heterocycles. The Bertz CT molecular complexity index is 612. The van der Waals surface area contributed by atoms with Gasteiger partial charge in [-0.3, -0.25) is 4.99 Å². The molecule has 0 aromatic heterocycles. The van der Waals surface area contributed by atoms with E-state index in [0.717, 1.165) is 31.8 Å². The number of nitrogens with two attached hydrogens (primary N) is 1. The fourth-order valence-corrected chi connectivity index (χ4v) is 2.55. The predicted molar refractivity (Wildman–Crippen MR) is 87.6 cm³/mol. The Balaban J connectivity index is 1.59. The zero-order valence-electron chi connectivity index (χ0n) is 12.2. The van der Waals surface area contributed by atoms with Crippen molar-refractivity contribution in [2.45, 2.75) is 19.4 Å². The standard InChI is InChI=1S/C18H21N3/c19-13-16-5-3-14(4-6-16)1-2-15-7-9-17(10-8-15)18-20-11-12-21-18/h3-10H,1-2,11-13,19H2,(H,20,21). The lowest BCUT2D eigenvalue weighted by Gasteiger charge is -2.06. The van der Waals surface area contributed by atoms with E-state index < -0.39 is 0 Å². The average molecular weight is 279 g/mol. The summed E-state index contributed by atoms with van der Waals surface area (Å²) in [6.07, 6.45) is 2.12. The van der Waals surface area contributed by atoms with Gasteiger partial charge in [-0.05, 0) is 29.5 Å². The van der Waals surface area contributed by atoms with Gasteiger partial charge in [0, 0.05) is 18.7 Å². The number of benzene rings is 2. The number of hydrogen-bond acceptors (Lipinski definition) is 3. The van der Waals surface area contributed by atoms with Crippen LogP contribution in [-0.2, 0) is 19.4 Å². The highest BCUT2D eigenvalue weighted by atomic mass is 15.1. The summed E-state index contributed by atoms with van der Waals surface area (Å²) < 4.78 is 0. The van der Waals surface area contributed by atoms with Gasteiger partial charge in [0.1, 0.15) is 5.84 Å². The Hall–Kier alpha value is -2.13. The lowest BCUT2D eigenvalue weighted by Crippen LogP contribution is -2.19. The molecule has 0 atom stereocenters. The molecule has 3 N–H and O–H groups in total. The van der Waals surface area contributed by atoms with Crippen molar-refractivity contribution >= 4 is 5.84 Å². The van der Waals surface area contributed by atoms with Gasteiger partial charge in [-0.2, -0.15) is 0 Å². The normalized spacial score (nSPS) is 13.9. The number of rotatable bonds is 5. The Morgan fingerprint density at radius 3 is 1.95 bits per heavy atom. The van der Waals surface area contributed by atoms with E-state index in [1.165, 1.54) is 22.3 Å². The van der Waals surface area contributed by atoms with Crippen LogP contribution in [-0.4, -0.2) is 18.9 Å². The van der Waals surface area contributed by atoms with Gasteiger partial charge >= 0.3 is 0 Å². The molecule has 2 aromatic rings. The second-order valence-corrected chi connectivity index (χ2v) is 5.37. The Labute approximate surface area is 125 Å². The minimum absolute atomic E-state index is 0.611. The number of amidine groups is 1. The smallest absolute Gasteiger partial charge is 0.128 e. The fraction of sp³-hybridized carbons (Fsp3) is 0.278. The minimum atomic E-state index is 0.611. The van der Waals surface area contributed by atoms with Crippen LogP contribution >= 0.6 is 0 Å². The van der Waals surface area contributed by atoms with E-state index in [1.54, 1.807) is 0 Å². The van der Waals surface area contributed by atoms with Crippen molar-refractivity contribution in [2.75, 3.05) is 13.1 Å². The number of hydrogen-bond donors (Lipinski definition) is 2. The quantitative estimate of drug-likeness (QED) is 0.882. The molecular formula is C18H21N3. The number of nitrogens with one attached hydrogen (secondary N) is 1. The second-order valence-electron chi connectivity index (χ2n) is 5.37. The molecule has 1 aliphatic rings. The zero-order valence-corrected chi connectivity index (χ0v) is 12.2. The molecule has 0 saturated carbocycles. The highest BCUT2D eigenvalue weighted by Crippen LogP contribution is 2.11.